The molecule has 132 valence electrons. The van der Waals surface area contributed by atoms with Crippen LogP contribution in [0.4, 0.5) is 8.78 Å². The monoisotopic (exact) mass is 417 g/mol. The van der Waals surface area contributed by atoms with Gasteiger partial charge in [-0.3, -0.25) is 9.78 Å². The number of aromatic nitrogens is 2. The Balaban J connectivity index is 2.11. The summed E-state index contributed by atoms with van der Waals surface area (Å²) in [6.45, 7) is 0. The Kier molecular flexibility index (Phi) is 5.08. The minimum atomic E-state index is -1.07. The maximum atomic E-state index is 13.5. The smallest absolute Gasteiger partial charge is 0.196 e. The SMILES string of the molecule is CN(C)/C=C(\C(=O)c1ccc(F)c(F)c1)c1ccc2ncc(Br)cc2n1. The topological polar surface area (TPSA) is 46.1 Å². The normalized spacial score (nSPS) is 11.7. The third-order valence-electron chi connectivity index (χ3n) is 3.59. The standard InChI is InChI=1S/C19H14BrF2N3O/c1-25(2)10-13(19(26)11-3-4-14(21)15(22)7-11)16-5-6-17-18(24-16)8-12(20)9-23-17/h3-10H,1-2H3/b13-10-. The average Bonchev–Trinajstić information content (AvgIpc) is 2.60. The van der Waals surface area contributed by atoms with Crippen molar-refractivity contribution in [2.75, 3.05) is 14.1 Å². The Morgan fingerprint density at radius 1 is 1.08 bits per heavy atom. The molecular formula is C19H14BrF2N3O. The summed E-state index contributed by atoms with van der Waals surface area (Å²) in [6.07, 6.45) is 3.26. The van der Waals surface area contributed by atoms with Crippen molar-refractivity contribution in [3.63, 3.8) is 0 Å². The molecule has 0 aliphatic carbocycles. The second kappa shape index (κ2) is 7.29. The Morgan fingerprint density at radius 2 is 1.85 bits per heavy atom. The Labute approximate surface area is 157 Å². The van der Waals surface area contributed by atoms with Crippen LogP contribution in [0.5, 0.6) is 0 Å². The first-order valence-corrected chi connectivity index (χ1v) is 8.45. The summed E-state index contributed by atoms with van der Waals surface area (Å²) in [5.74, 6) is -2.52. The number of hydrogen-bond donors (Lipinski definition) is 0. The van der Waals surface area contributed by atoms with Crippen LogP contribution in [0.15, 0.2) is 53.3 Å². The van der Waals surface area contributed by atoms with Crippen LogP contribution >= 0.6 is 15.9 Å². The third kappa shape index (κ3) is 3.77. The van der Waals surface area contributed by atoms with Gasteiger partial charge in [-0.15, -0.1) is 0 Å². The molecule has 2 heterocycles. The van der Waals surface area contributed by atoms with E-state index >= 15 is 0 Å². The van der Waals surface area contributed by atoms with E-state index in [-0.39, 0.29) is 11.1 Å². The van der Waals surface area contributed by atoms with E-state index < -0.39 is 17.4 Å². The lowest BCUT2D eigenvalue weighted by Gasteiger charge is -2.12. The fourth-order valence-corrected chi connectivity index (χ4v) is 2.74. The molecule has 3 aromatic rings. The maximum absolute atomic E-state index is 13.5. The molecule has 7 heteroatoms. The van der Waals surface area contributed by atoms with Gasteiger partial charge in [0.05, 0.1) is 22.3 Å². The first-order chi connectivity index (χ1) is 12.3. The number of carbonyl (C=O) groups is 1. The molecular weight excluding hydrogens is 404 g/mol. The lowest BCUT2D eigenvalue weighted by atomic mass is 10.0. The molecule has 0 saturated carbocycles. The molecule has 26 heavy (non-hydrogen) atoms. The number of pyridine rings is 2. The molecule has 0 atom stereocenters. The van der Waals surface area contributed by atoms with Crippen LogP contribution in [0.1, 0.15) is 16.1 Å². The highest BCUT2D eigenvalue weighted by molar-refractivity contribution is 9.10. The van der Waals surface area contributed by atoms with E-state index in [1.807, 2.05) is 0 Å². The van der Waals surface area contributed by atoms with E-state index in [2.05, 4.69) is 25.9 Å². The van der Waals surface area contributed by atoms with Gasteiger partial charge in [-0.2, -0.15) is 0 Å². The summed E-state index contributed by atoms with van der Waals surface area (Å²) < 4.78 is 27.5. The van der Waals surface area contributed by atoms with E-state index in [9.17, 15) is 13.6 Å². The fraction of sp³-hybridized carbons (Fsp3) is 0.105. The molecule has 0 spiro atoms. The molecule has 2 aromatic heterocycles. The number of allylic oxidation sites excluding steroid dienone is 1. The van der Waals surface area contributed by atoms with Gasteiger partial charge in [0, 0.05) is 36.5 Å². The van der Waals surface area contributed by atoms with Crippen LogP contribution in [0.25, 0.3) is 16.6 Å². The molecule has 0 radical (unpaired) electrons. The summed E-state index contributed by atoms with van der Waals surface area (Å²) in [5.41, 5.74) is 2.02. The third-order valence-corrected chi connectivity index (χ3v) is 4.03. The van der Waals surface area contributed by atoms with Crippen LogP contribution < -0.4 is 0 Å². The van der Waals surface area contributed by atoms with Gasteiger partial charge >= 0.3 is 0 Å². The van der Waals surface area contributed by atoms with Crippen LogP contribution in [0.3, 0.4) is 0 Å². The fourth-order valence-electron chi connectivity index (χ4n) is 2.42. The number of rotatable bonds is 4. The number of Topliss-reactive ketones (excluding diaryl/α,β-unsaturated/α-hetero) is 1. The number of carbonyl (C=O) groups excluding carboxylic acids is 1. The van der Waals surface area contributed by atoms with Crippen LogP contribution in [0, 0.1) is 11.6 Å². The van der Waals surface area contributed by atoms with Gasteiger partial charge in [-0.1, -0.05) is 0 Å². The molecule has 0 fully saturated rings. The lowest BCUT2D eigenvalue weighted by Crippen LogP contribution is -2.11. The molecule has 0 aliphatic heterocycles. The summed E-state index contributed by atoms with van der Waals surface area (Å²) in [4.78, 5) is 23.3. The van der Waals surface area contributed by atoms with E-state index in [0.717, 1.165) is 16.6 Å². The molecule has 0 aliphatic rings. The van der Waals surface area contributed by atoms with Crippen molar-refractivity contribution in [2.45, 2.75) is 0 Å². The quantitative estimate of drug-likeness (QED) is 0.464. The number of halogens is 3. The van der Waals surface area contributed by atoms with Gasteiger partial charge in [0.15, 0.2) is 17.4 Å². The molecule has 0 N–H and O–H groups in total. The van der Waals surface area contributed by atoms with Crippen molar-refractivity contribution in [3.8, 4) is 0 Å². The van der Waals surface area contributed by atoms with Gasteiger partial charge in [-0.05, 0) is 52.3 Å². The highest BCUT2D eigenvalue weighted by Crippen LogP contribution is 2.23. The maximum Gasteiger partial charge on any atom is 0.196 e. The van der Waals surface area contributed by atoms with Gasteiger partial charge in [0.1, 0.15) is 0 Å². The highest BCUT2D eigenvalue weighted by atomic mass is 79.9. The van der Waals surface area contributed by atoms with E-state index in [1.54, 1.807) is 49.6 Å². The molecule has 0 saturated heterocycles. The minimum Gasteiger partial charge on any atom is -0.383 e. The zero-order valence-corrected chi connectivity index (χ0v) is 15.6. The largest absolute Gasteiger partial charge is 0.383 e. The second-order valence-corrected chi connectivity index (χ2v) is 6.77. The first kappa shape index (κ1) is 18.1. The van der Waals surface area contributed by atoms with Crippen molar-refractivity contribution in [3.05, 3.63) is 76.2 Å². The summed E-state index contributed by atoms with van der Waals surface area (Å²) in [7, 11) is 3.52. The van der Waals surface area contributed by atoms with E-state index in [4.69, 9.17) is 0 Å². The molecule has 0 unspecified atom stereocenters. The van der Waals surface area contributed by atoms with Crippen molar-refractivity contribution in [1.29, 1.82) is 0 Å². The predicted octanol–water partition coefficient (Wildman–Crippen LogP) is 4.46. The Morgan fingerprint density at radius 3 is 2.54 bits per heavy atom. The number of ketones is 1. The first-order valence-electron chi connectivity index (χ1n) is 7.66. The number of nitrogens with zero attached hydrogens (tertiary/aromatic N) is 3. The van der Waals surface area contributed by atoms with Crippen molar-refractivity contribution in [1.82, 2.24) is 14.9 Å². The van der Waals surface area contributed by atoms with Crippen molar-refractivity contribution in [2.24, 2.45) is 0 Å². The zero-order chi connectivity index (χ0) is 18.8. The average molecular weight is 418 g/mol. The molecule has 0 bridgehead atoms. The molecule has 3 rings (SSSR count). The Hall–Kier alpha value is -2.67. The zero-order valence-electron chi connectivity index (χ0n) is 14.0. The van der Waals surface area contributed by atoms with E-state index in [0.29, 0.717) is 16.7 Å². The van der Waals surface area contributed by atoms with Crippen LogP contribution in [0.2, 0.25) is 0 Å². The van der Waals surface area contributed by atoms with Gasteiger partial charge in [0.25, 0.3) is 0 Å². The summed E-state index contributed by atoms with van der Waals surface area (Å²) in [6, 6.07) is 8.30. The van der Waals surface area contributed by atoms with E-state index in [1.165, 1.54) is 6.07 Å². The van der Waals surface area contributed by atoms with Crippen LogP contribution in [-0.4, -0.2) is 34.7 Å². The minimum absolute atomic E-state index is 0.0475. The number of hydrogen-bond acceptors (Lipinski definition) is 4. The highest BCUT2D eigenvalue weighted by Gasteiger charge is 2.18. The molecule has 4 nitrogen and oxygen atoms in total. The summed E-state index contributed by atoms with van der Waals surface area (Å²) in [5, 5.41) is 0. The number of benzene rings is 1. The molecule has 1 aromatic carbocycles. The lowest BCUT2D eigenvalue weighted by molar-refractivity contribution is 0.105. The van der Waals surface area contributed by atoms with Crippen molar-refractivity contribution >= 4 is 38.3 Å². The van der Waals surface area contributed by atoms with Crippen molar-refractivity contribution < 1.29 is 13.6 Å². The van der Waals surface area contributed by atoms with Gasteiger partial charge in [0.2, 0.25) is 0 Å². The van der Waals surface area contributed by atoms with Gasteiger partial charge in [-0.25, -0.2) is 13.8 Å². The van der Waals surface area contributed by atoms with Gasteiger partial charge < -0.3 is 4.90 Å². The second-order valence-electron chi connectivity index (χ2n) is 5.85. The number of fused-ring (bicyclic) bond motifs is 1. The Bertz CT molecular complexity index is 1030. The predicted molar refractivity (Wildman–Crippen MR) is 99.6 cm³/mol. The molecule has 0 amide bonds. The van der Waals surface area contributed by atoms with Crippen LogP contribution in [-0.2, 0) is 0 Å². The summed E-state index contributed by atoms with van der Waals surface area (Å²) >= 11 is 3.35.